The van der Waals surface area contributed by atoms with Crippen molar-refractivity contribution in [1.29, 1.82) is 0 Å². The van der Waals surface area contributed by atoms with Gasteiger partial charge in [-0.05, 0) is 48.7 Å². The highest BCUT2D eigenvalue weighted by molar-refractivity contribution is 5.98. The number of benzene rings is 2. The first-order valence-corrected chi connectivity index (χ1v) is 10.3. The zero-order valence-corrected chi connectivity index (χ0v) is 16.8. The molecule has 30 heavy (non-hydrogen) atoms. The monoisotopic (exact) mass is 406 g/mol. The fraction of sp³-hybridized carbons (Fsp3) is 0.348. The molecule has 1 aromatic heterocycles. The molecule has 154 valence electrons. The number of para-hydroxylation sites is 1. The van der Waals surface area contributed by atoms with Crippen molar-refractivity contribution in [3.63, 3.8) is 0 Å². The molecular formula is C23H23FN4O2. The molecule has 0 radical (unpaired) electrons. The van der Waals surface area contributed by atoms with E-state index in [-0.39, 0.29) is 23.6 Å². The van der Waals surface area contributed by atoms with Crippen LogP contribution in [0.25, 0.3) is 0 Å². The van der Waals surface area contributed by atoms with E-state index < -0.39 is 0 Å². The summed E-state index contributed by atoms with van der Waals surface area (Å²) in [4.78, 5) is 15.0. The van der Waals surface area contributed by atoms with Gasteiger partial charge in [-0.15, -0.1) is 10.2 Å². The summed E-state index contributed by atoms with van der Waals surface area (Å²) in [6, 6.07) is 13.8. The summed E-state index contributed by atoms with van der Waals surface area (Å²) >= 11 is 0. The topological polar surface area (TPSA) is 60.2 Å². The van der Waals surface area contributed by atoms with Gasteiger partial charge in [0.15, 0.2) is 17.7 Å². The third kappa shape index (κ3) is 3.34. The maximum atomic E-state index is 13.2. The highest BCUT2D eigenvalue weighted by atomic mass is 19.1. The number of Topliss-reactive ketones (excluding diaryl/α,β-unsaturated/α-hetero) is 1. The van der Waals surface area contributed by atoms with E-state index in [4.69, 9.17) is 4.74 Å². The highest BCUT2D eigenvalue weighted by Crippen LogP contribution is 2.36. The number of hydrogen-bond donors (Lipinski definition) is 0. The van der Waals surface area contributed by atoms with Crippen LogP contribution in [0.3, 0.4) is 0 Å². The summed E-state index contributed by atoms with van der Waals surface area (Å²) in [6.45, 7) is 1.40. The van der Waals surface area contributed by atoms with E-state index in [1.165, 1.54) is 17.7 Å². The van der Waals surface area contributed by atoms with Crippen LogP contribution in [0, 0.1) is 11.7 Å². The second kappa shape index (κ2) is 7.55. The van der Waals surface area contributed by atoms with Gasteiger partial charge < -0.3 is 9.64 Å². The molecule has 2 aromatic carbocycles. The number of anilines is 1. The van der Waals surface area contributed by atoms with Crippen LogP contribution in [0.1, 0.15) is 40.7 Å². The molecule has 3 aromatic rings. The van der Waals surface area contributed by atoms with Gasteiger partial charge in [-0.2, -0.15) is 0 Å². The molecule has 1 saturated heterocycles. The van der Waals surface area contributed by atoms with Crippen LogP contribution in [0.15, 0.2) is 48.5 Å². The fourth-order valence-electron chi connectivity index (χ4n) is 4.44. The van der Waals surface area contributed by atoms with E-state index >= 15 is 0 Å². The van der Waals surface area contributed by atoms with Crippen LogP contribution < -0.4 is 9.64 Å². The van der Waals surface area contributed by atoms with Crippen molar-refractivity contribution in [2.24, 2.45) is 13.0 Å². The zero-order valence-electron chi connectivity index (χ0n) is 16.8. The van der Waals surface area contributed by atoms with Gasteiger partial charge in [-0.3, -0.25) is 9.36 Å². The average molecular weight is 406 g/mol. The van der Waals surface area contributed by atoms with Crippen molar-refractivity contribution in [2.75, 3.05) is 18.0 Å². The lowest BCUT2D eigenvalue weighted by Crippen LogP contribution is -2.40. The molecule has 0 bridgehead atoms. The first-order valence-electron chi connectivity index (χ1n) is 10.3. The smallest absolute Gasteiger partial charge is 0.227 e. The molecule has 2 atom stereocenters. The molecule has 5 rings (SSSR count). The normalized spacial score (nSPS) is 20.7. The fourth-order valence-corrected chi connectivity index (χ4v) is 4.44. The highest BCUT2D eigenvalue weighted by Gasteiger charge is 2.32. The summed E-state index contributed by atoms with van der Waals surface area (Å²) in [5.74, 6) is 2.01. The van der Waals surface area contributed by atoms with Crippen molar-refractivity contribution in [3.8, 4) is 5.75 Å². The summed E-state index contributed by atoms with van der Waals surface area (Å²) in [5.41, 5.74) is 1.73. The van der Waals surface area contributed by atoms with E-state index in [0.29, 0.717) is 12.1 Å². The maximum absolute atomic E-state index is 13.2. The Balaban J connectivity index is 1.33. The number of piperidine rings is 1. The molecule has 0 amide bonds. The summed E-state index contributed by atoms with van der Waals surface area (Å²) in [6.07, 6.45) is 2.33. The number of nitrogens with zero attached hydrogens (tertiary/aromatic N) is 4. The molecule has 0 saturated carbocycles. The molecule has 2 aliphatic heterocycles. The van der Waals surface area contributed by atoms with Crippen molar-refractivity contribution in [2.45, 2.75) is 25.4 Å². The first-order chi connectivity index (χ1) is 14.6. The van der Waals surface area contributed by atoms with Gasteiger partial charge in [0.25, 0.3) is 0 Å². The lowest BCUT2D eigenvalue weighted by atomic mass is 9.90. The predicted octanol–water partition coefficient (Wildman–Crippen LogP) is 3.73. The van der Waals surface area contributed by atoms with Crippen molar-refractivity contribution >= 4 is 11.7 Å². The number of fused-ring (bicyclic) bond motifs is 1. The van der Waals surface area contributed by atoms with Gasteiger partial charge in [0.05, 0.1) is 0 Å². The second-order valence-corrected chi connectivity index (χ2v) is 7.99. The maximum Gasteiger partial charge on any atom is 0.227 e. The van der Waals surface area contributed by atoms with Crippen LogP contribution in [-0.2, 0) is 13.5 Å². The zero-order chi connectivity index (χ0) is 20.7. The van der Waals surface area contributed by atoms with Crippen LogP contribution in [0.2, 0.25) is 0 Å². The van der Waals surface area contributed by atoms with Crippen molar-refractivity contribution < 1.29 is 13.9 Å². The molecule has 2 aliphatic rings. The van der Waals surface area contributed by atoms with E-state index in [0.717, 1.165) is 43.3 Å². The Morgan fingerprint density at radius 1 is 1.13 bits per heavy atom. The Hall–Kier alpha value is -3.22. The van der Waals surface area contributed by atoms with E-state index in [1.54, 1.807) is 12.1 Å². The molecule has 0 spiro atoms. The van der Waals surface area contributed by atoms with Crippen LogP contribution in [-0.4, -0.2) is 33.6 Å². The molecule has 0 N–H and O–H groups in total. The van der Waals surface area contributed by atoms with Gasteiger partial charge in [0.2, 0.25) is 5.95 Å². The largest absolute Gasteiger partial charge is 0.482 e. The Morgan fingerprint density at radius 3 is 2.73 bits per heavy atom. The quantitative estimate of drug-likeness (QED) is 0.618. The summed E-state index contributed by atoms with van der Waals surface area (Å²) in [7, 11) is 1.95. The third-order valence-electron chi connectivity index (χ3n) is 6.02. The number of ketones is 1. The molecule has 0 aliphatic carbocycles. The SMILES string of the molecule is Cn1c(C2Cc3ccccc3O2)nnc1N1CCCC(C(=O)c2ccc(F)cc2)C1. The Morgan fingerprint density at radius 2 is 1.93 bits per heavy atom. The number of hydrogen-bond acceptors (Lipinski definition) is 5. The molecule has 7 heteroatoms. The minimum atomic E-state index is -0.334. The van der Waals surface area contributed by atoms with Gasteiger partial charge >= 0.3 is 0 Å². The minimum absolute atomic E-state index is 0.0525. The van der Waals surface area contributed by atoms with Gasteiger partial charge in [-0.1, -0.05) is 18.2 Å². The summed E-state index contributed by atoms with van der Waals surface area (Å²) < 4.78 is 21.2. The van der Waals surface area contributed by atoms with E-state index in [2.05, 4.69) is 21.2 Å². The van der Waals surface area contributed by atoms with Crippen LogP contribution in [0.5, 0.6) is 5.75 Å². The van der Waals surface area contributed by atoms with E-state index in [1.807, 2.05) is 29.8 Å². The average Bonchev–Trinajstić information content (AvgIpc) is 3.37. The lowest BCUT2D eigenvalue weighted by Gasteiger charge is -2.32. The number of carbonyl (C=O) groups excluding carboxylic acids is 1. The standard InChI is InChI=1S/C23H23FN4O2/c1-27-22(20-13-16-5-2-3-7-19(16)30-20)25-26-23(27)28-12-4-6-17(14-28)21(29)15-8-10-18(24)11-9-15/h2-3,5,7-11,17,20H,4,6,12-14H2,1H3. The number of aromatic nitrogens is 3. The molecule has 3 heterocycles. The van der Waals surface area contributed by atoms with Crippen LogP contribution >= 0.6 is 0 Å². The van der Waals surface area contributed by atoms with Gasteiger partial charge in [-0.25, -0.2) is 4.39 Å². The molecule has 1 fully saturated rings. The molecule has 2 unspecified atom stereocenters. The van der Waals surface area contributed by atoms with Crippen molar-refractivity contribution in [3.05, 3.63) is 71.3 Å². The lowest BCUT2D eigenvalue weighted by molar-refractivity contribution is 0.0906. The number of rotatable bonds is 4. The van der Waals surface area contributed by atoms with Crippen molar-refractivity contribution in [1.82, 2.24) is 14.8 Å². The Labute approximate surface area is 174 Å². The first kappa shape index (κ1) is 18.8. The molecule has 6 nitrogen and oxygen atoms in total. The number of carbonyl (C=O) groups is 1. The van der Waals surface area contributed by atoms with E-state index in [9.17, 15) is 9.18 Å². The Bertz CT molecular complexity index is 1050. The molecular weight excluding hydrogens is 383 g/mol. The van der Waals surface area contributed by atoms with Gasteiger partial charge in [0.1, 0.15) is 11.6 Å². The number of ether oxygens (including phenoxy) is 1. The Kier molecular flexibility index (Phi) is 4.73. The predicted molar refractivity (Wildman–Crippen MR) is 110 cm³/mol. The third-order valence-corrected chi connectivity index (χ3v) is 6.02. The van der Waals surface area contributed by atoms with Gasteiger partial charge in [0, 0.05) is 38.0 Å². The minimum Gasteiger partial charge on any atom is -0.482 e. The summed E-state index contributed by atoms with van der Waals surface area (Å²) in [5, 5.41) is 8.84. The number of halogens is 1. The van der Waals surface area contributed by atoms with Crippen LogP contribution in [0.4, 0.5) is 10.3 Å². The second-order valence-electron chi connectivity index (χ2n) is 7.99.